The Kier molecular flexibility index (Phi) is 3.03. The monoisotopic (exact) mass is 278 g/mol. The predicted molar refractivity (Wildman–Crippen MR) is 73.4 cm³/mol. The van der Waals surface area contributed by atoms with E-state index in [1.54, 1.807) is 0 Å². The standard InChI is InChI=1S/C15H22N2O3/c1-9-7-12(20-16-9)13-10-5-6-11(13)17(8-10)14(18)19-15(2,3)4/h7,10-11,13H,5-6,8H2,1-4H3/t10-,11-,13+/m1/s1. The second-order valence-corrected chi connectivity index (χ2v) is 6.93. The highest BCUT2D eigenvalue weighted by molar-refractivity contribution is 5.69. The average molecular weight is 278 g/mol. The highest BCUT2D eigenvalue weighted by atomic mass is 16.6. The molecule has 2 heterocycles. The van der Waals surface area contributed by atoms with Crippen molar-refractivity contribution in [2.24, 2.45) is 5.92 Å². The number of likely N-dealkylation sites (tertiary alicyclic amines) is 1. The van der Waals surface area contributed by atoms with Crippen molar-refractivity contribution in [2.45, 2.75) is 58.1 Å². The van der Waals surface area contributed by atoms with E-state index in [0.717, 1.165) is 30.8 Å². The van der Waals surface area contributed by atoms with Gasteiger partial charge in [0.15, 0.2) is 0 Å². The van der Waals surface area contributed by atoms with Crippen molar-refractivity contribution >= 4 is 6.09 Å². The zero-order valence-electron chi connectivity index (χ0n) is 12.5. The van der Waals surface area contributed by atoms with Gasteiger partial charge < -0.3 is 14.2 Å². The molecule has 2 fully saturated rings. The molecule has 0 spiro atoms. The van der Waals surface area contributed by atoms with Gasteiger partial charge in [0.2, 0.25) is 0 Å². The molecule has 5 heteroatoms. The van der Waals surface area contributed by atoms with Crippen LogP contribution in [0.1, 0.15) is 51.0 Å². The second kappa shape index (κ2) is 4.50. The van der Waals surface area contributed by atoms with Crippen molar-refractivity contribution in [3.05, 3.63) is 17.5 Å². The molecule has 3 rings (SSSR count). The molecule has 2 aliphatic rings. The van der Waals surface area contributed by atoms with Crippen LogP contribution in [0, 0.1) is 12.8 Å². The Morgan fingerprint density at radius 2 is 2.20 bits per heavy atom. The average Bonchev–Trinajstić information content (AvgIpc) is 2.99. The van der Waals surface area contributed by atoms with Crippen molar-refractivity contribution in [1.29, 1.82) is 0 Å². The summed E-state index contributed by atoms with van der Waals surface area (Å²) in [6, 6.07) is 2.19. The van der Waals surface area contributed by atoms with Crippen molar-refractivity contribution in [3.8, 4) is 0 Å². The molecule has 5 nitrogen and oxygen atoms in total. The molecule has 0 radical (unpaired) electrons. The molecule has 1 saturated carbocycles. The number of rotatable bonds is 1. The summed E-state index contributed by atoms with van der Waals surface area (Å²) in [4.78, 5) is 14.2. The summed E-state index contributed by atoms with van der Waals surface area (Å²) in [5, 5.41) is 3.98. The minimum atomic E-state index is -0.447. The van der Waals surface area contributed by atoms with Gasteiger partial charge in [0, 0.05) is 24.6 Å². The second-order valence-electron chi connectivity index (χ2n) is 6.93. The Labute approximate surface area is 119 Å². The lowest BCUT2D eigenvalue weighted by atomic mass is 9.95. The summed E-state index contributed by atoms with van der Waals surface area (Å²) < 4.78 is 10.9. The number of aryl methyl sites for hydroxylation is 1. The number of aromatic nitrogens is 1. The third kappa shape index (κ3) is 2.30. The molecule has 20 heavy (non-hydrogen) atoms. The molecule has 0 unspecified atom stereocenters. The fourth-order valence-electron chi connectivity index (χ4n) is 3.49. The minimum absolute atomic E-state index is 0.196. The number of nitrogens with zero attached hydrogens (tertiary/aromatic N) is 2. The molecular formula is C15H22N2O3. The quantitative estimate of drug-likeness (QED) is 0.792. The molecule has 1 aromatic heterocycles. The van der Waals surface area contributed by atoms with Gasteiger partial charge in [0.1, 0.15) is 11.4 Å². The Morgan fingerprint density at radius 3 is 2.80 bits per heavy atom. The lowest BCUT2D eigenvalue weighted by Crippen LogP contribution is -2.41. The SMILES string of the molecule is Cc1cc([C@H]2[C@@H]3CC[C@H]2N(C(=O)OC(C)(C)C)C3)on1. The van der Waals surface area contributed by atoms with E-state index in [1.807, 2.05) is 38.7 Å². The largest absolute Gasteiger partial charge is 0.444 e. The zero-order valence-corrected chi connectivity index (χ0v) is 12.5. The van der Waals surface area contributed by atoms with Crippen LogP contribution in [0.15, 0.2) is 10.6 Å². The van der Waals surface area contributed by atoms with Crippen LogP contribution in [0.3, 0.4) is 0 Å². The first-order chi connectivity index (χ1) is 9.35. The molecule has 0 N–H and O–H groups in total. The van der Waals surface area contributed by atoms with E-state index in [-0.39, 0.29) is 18.1 Å². The molecule has 1 saturated heterocycles. The van der Waals surface area contributed by atoms with Crippen LogP contribution in [0.5, 0.6) is 0 Å². The number of piperidine rings is 1. The smallest absolute Gasteiger partial charge is 0.410 e. The number of fused-ring (bicyclic) bond motifs is 2. The molecule has 1 amide bonds. The number of carbonyl (C=O) groups is 1. The maximum absolute atomic E-state index is 12.3. The van der Waals surface area contributed by atoms with Gasteiger partial charge >= 0.3 is 6.09 Å². The first-order valence-corrected chi connectivity index (χ1v) is 7.28. The Balaban J connectivity index is 1.77. The van der Waals surface area contributed by atoms with Crippen molar-refractivity contribution in [2.75, 3.05) is 6.54 Å². The van der Waals surface area contributed by atoms with Crippen LogP contribution >= 0.6 is 0 Å². The molecule has 110 valence electrons. The fourth-order valence-corrected chi connectivity index (χ4v) is 3.49. The molecule has 1 aliphatic heterocycles. The molecule has 0 aromatic carbocycles. The highest BCUT2D eigenvalue weighted by Crippen LogP contribution is 2.49. The molecule has 1 aromatic rings. The van der Waals surface area contributed by atoms with Crippen LogP contribution in [0.4, 0.5) is 4.79 Å². The van der Waals surface area contributed by atoms with E-state index in [4.69, 9.17) is 9.26 Å². The first kappa shape index (κ1) is 13.5. The van der Waals surface area contributed by atoms with Gasteiger partial charge in [-0.3, -0.25) is 0 Å². The van der Waals surface area contributed by atoms with Crippen molar-refractivity contribution in [1.82, 2.24) is 10.1 Å². The van der Waals surface area contributed by atoms with Crippen LogP contribution in [-0.4, -0.2) is 34.3 Å². The van der Waals surface area contributed by atoms with Gasteiger partial charge in [-0.2, -0.15) is 0 Å². The summed E-state index contributed by atoms with van der Waals surface area (Å²) in [6.07, 6.45) is 1.97. The van der Waals surface area contributed by atoms with E-state index in [0.29, 0.717) is 5.92 Å². The van der Waals surface area contributed by atoms with Gasteiger partial charge in [0.25, 0.3) is 0 Å². The summed E-state index contributed by atoms with van der Waals surface area (Å²) >= 11 is 0. The topological polar surface area (TPSA) is 55.6 Å². The lowest BCUT2D eigenvalue weighted by Gasteiger charge is -2.30. The Morgan fingerprint density at radius 1 is 1.45 bits per heavy atom. The summed E-state index contributed by atoms with van der Waals surface area (Å²) in [5.41, 5.74) is 0.451. The van der Waals surface area contributed by atoms with Gasteiger partial charge in [-0.25, -0.2) is 4.79 Å². The number of ether oxygens (including phenoxy) is 1. The number of hydrogen-bond acceptors (Lipinski definition) is 4. The number of amides is 1. The maximum Gasteiger partial charge on any atom is 0.410 e. The molecule has 1 aliphatic carbocycles. The Hall–Kier alpha value is -1.52. The van der Waals surface area contributed by atoms with Crippen molar-refractivity contribution < 1.29 is 14.1 Å². The normalized spacial score (nSPS) is 29.0. The number of carbonyl (C=O) groups excluding carboxylic acids is 1. The van der Waals surface area contributed by atoms with Gasteiger partial charge in [-0.1, -0.05) is 5.16 Å². The van der Waals surface area contributed by atoms with Crippen molar-refractivity contribution in [3.63, 3.8) is 0 Å². The van der Waals surface area contributed by atoms with E-state index in [1.165, 1.54) is 0 Å². The number of hydrogen-bond donors (Lipinski definition) is 0. The Bertz CT molecular complexity index is 517. The maximum atomic E-state index is 12.3. The van der Waals surface area contributed by atoms with Gasteiger partial charge in [0.05, 0.1) is 5.69 Å². The van der Waals surface area contributed by atoms with Gasteiger partial charge in [-0.15, -0.1) is 0 Å². The molecule has 3 atom stereocenters. The third-order valence-corrected chi connectivity index (χ3v) is 4.19. The zero-order chi connectivity index (χ0) is 14.5. The molecule has 2 bridgehead atoms. The predicted octanol–water partition coefficient (Wildman–Crippen LogP) is 3.10. The van der Waals surface area contributed by atoms with E-state index in [2.05, 4.69) is 5.16 Å². The van der Waals surface area contributed by atoms with E-state index < -0.39 is 5.60 Å². The van der Waals surface area contributed by atoms with Crippen LogP contribution < -0.4 is 0 Å². The summed E-state index contributed by atoms with van der Waals surface area (Å²) in [6.45, 7) is 8.39. The fraction of sp³-hybridized carbons (Fsp3) is 0.733. The van der Waals surface area contributed by atoms with E-state index >= 15 is 0 Å². The van der Waals surface area contributed by atoms with E-state index in [9.17, 15) is 4.79 Å². The van der Waals surface area contributed by atoms with Crippen LogP contribution in [0.25, 0.3) is 0 Å². The third-order valence-electron chi connectivity index (χ3n) is 4.19. The van der Waals surface area contributed by atoms with Crippen LogP contribution in [-0.2, 0) is 4.74 Å². The summed E-state index contributed by atoms with van der Waals surface area (Å²) in [5.74, 6) is 1.67. The van der Waals surface area contributed by atoms with Gasteiger partial charge in [-0.05, 0) is 46.5 Å². The minimum Gasteiger partial charge on any atom is -0.444 e. The van der Waals surface area contributed by atoms with Crippen LogP contribution in [0.2, 0.25) is 0 Å². The summed E-state index contributed by atoms with van der Waals surface area (Å²) in [7, 11) is 0. The highest BCUT2D eigenvalue weighted by Gasteiger charge is 2.51. The first-order valence-electron chi connectivity index (χ1n) is 7.28. The lowest BCUT2D eigenvalue weighted by molar-refractivity contribution is 0.0186. The molecular weight excluding hydrogens is 256 g/mol.